The number of benzene rings is 2. The zero-order valence-electron chi connectivity index (χ0n) is 8.68. The first-order valence-electron chi connectivity index (χ1n) is 4.84. The Morgan fingerprint density at radius 2 is 1.71 bits per heavy atom. The molecule has 2 nitrogen and oxygen atoms in total. The second-order valence-electron chi connectivity index (χ2n) is 3.47. The smallest absolute Gasteiger partial charge is 0.196 e. The van der Waals surface area contributed by atoms with E-state index in [-0.39, 0.29) is 5.69 Å². The third-order valence-electron chi connectivity index (χ3n) is 2.20. The second-order valence-corrected chi connectivity index (χ2v) is 3.47. The van der Waals surface area contributed by atoms with Gasteiger partial charge in [-0.15, -0.1) is 0 Å². The normalized spacial score (nSPS) is 10.3. The Bertz CT molecular complexity index is 555. The molecular weight excluding hydrogens is 229 g/mol. The SMILES string of the molecule is Nc1cccc(Nc2ccc(F)c(F)c2F)c1. The second kappa shape index (κ2) is 4.37. The summed E-state index contributed by atoms with van der Waals surface area (Å²) in [6.45, 7) is 0. The van der Waals surface area contributed by atoms with E-state index in [9.17, 15) is 13.2 Å². The van der Waals surface area contributed by atoms with Crippen molar-refractivity contribution < 1.29 is 13.2 Å². The lowest BCUT2D eigenvalue weighted by atomic mass is 10.2. The quantitative estimate of drug-likeness (QED) is 0.621. The number of nitrogen functional groups attached to an aromatic ring is 1. The van der Waals surface area contributed by atoms with E-state index in [1.165, 1.54) is 0 Å². The molecule has 3 N–H and O–H groups in total. The molecule has 2 rings (SSSR count). The van der Waals surface area contributed by atoms with Crippen molar-refractivity contribution in [3.8, 4) is 0 Å². The molecule has 0 spiro atoms. The van der Waals surface area contributed by atoms with Crippen molar-refractivity contribution in [2.45, 2.75) is 0 Å². The molecule has 0 aliphatic rings. The first-order valence-corrected chi connectivity index (χ1v) is 4.84. The molecule has 0 aromatic heterocycles. The molecule has 0 saturated heterocycles. The summed E-state index contributed by atoms with van der Waals surface area (Å²) in [6, 6.07) is 8.49. The van der Waals surface area contributed by atoms with E-state index in [2.05, 4.69) is 5.32 Å². The topological polar surface area (TPSA) is 38.0 Å². The third-order valence-corrected chi connectivity index (χ3v) is 2.20. The molecule has 88 valence electrons. The number of hydrogen-bond acceptors (Lipinski definition) is 2. The number of hydrogen-bond donors (Lipinski definition) is 2. The number of halogens is 3. The van der Waals surface area contributed by atoms with Gasteiger partial charge in [-0.05, 0) is 30.3 Å². The molecule has 0 amide bonds. The maximum Gasteiger partial charge on any atom is 0.196 e. The highest BCUT2D eigenvalue weighted by Gasteiger charge is 2.13. The first kappa shape index (κ1) is 11.3. The standard InChI is InChI=1S/C12H9F3N2/c13-9-4-5-10(12(15)11(9)14)17-8-3-1-2-7(16)6-8/h1-6,17H,16H2. The lowest BCUT2D eigenvalue weighted by Crippen LogP contribution is -1.99. The summed E-state index contributed by atoms with van der Waals surface area (Å²) >= 11 is 0. The molecule has 2 aromatic carbocycles. The summed E-state index contributed by atoms with van der Waals surface area (Å²) in [4.78, 5) is 0. The van der Waals surface area contributed by atoms with Crippen molar-refractivity contribution in [3.05, 3.63) is 53.8 Å². The van der Waals surface area contributed by atoms with Crippen LogP contribution in [0.3, 0.4) is 0 Å². The van der Waals surface area contributed by atoms with Gasteiger partial charge in [0.15, 0.2) is 17.5 Å². The zero-order valence-corrected chi connectivity index (χ0v) is 8.68. The molecule has 0 saturated carbocycles. The Kier molecular flexibility index (Phi) is 2.91. The minimum atomic E-state index is -1.50. The molecule has 0 unspecified atom stereocenters. The molecule has 0 atom stereocenters. The van der Waals surface area contributed by atoms with Gasteiger partial charge in [-0.25, -0.2) is 13.2 Å². The lowest BCUT2D eigenvalue weighted by molar-refractivity contribution is 0.449. The summed E-state index contributed by atoms with van der Waals surface area (Å²) in [5.41, 5.74) is 6.37. The average molecular weight is 238 g/mol. The summed E-state index contributed by atoms with van der Waals surface area (Å²) in [5.74, 6) is -3.98. The van der Waals surface area contributed by atoms with E-state index in [1.807, 2.05) is 0 Å². The van der Waals surface area contributed by atoms with Crippen LogP contribution in [0.15, 0.2) is 36.4 Å². The van der Waals surface area contributed by atoms with Crippen LogP contribution in [0, 0.1) is 17.5 Å². The number of nitrogens with two attached hydrogens (primary N) is 1. The summed E-state index contributed by atoms with van der Waals surface area (Å²) in [5, 5.41) is 2.62. The monoisotopic (exact) mass is 238 g/mol. The third kappa shape index (κ3) is 2.33. The van der Waals surface area contributed by atoms with Crippen molar-refractivity contribution in [2.24, 2.45) is 0 Å². The minimum absolute atomic E-state index is 0.144. The van der Waals surface area contributed by atoms with Crippen molar-refractivity contribution in [1.29, 1.82) is 0 Å². The van der Waals surface area contributed by atoms with Crippen LogP contribution in [-0.4, -0.2) is 0 Å². The van der Waals surface area contributed by atoms with Gasteiger partial charge in [0, 0.05) is 11.4 Å². The van der Waals surface area contributed by atoms with Gasteiger partial charge in [0.1, 0.15) is 0 Å². The molecule has 17 heavy (non-hydrogen) atoms. The summed E-state index contributed by atoms with van der Waals surface area (Å²) in [7, 11) is 0. The van der Waals surface area contributed by atoms with Crippen LogP contribution in [0.1, 0.15) is 0 Å². The molecule has 0 bridgehead atoms. The Morgan fingerprint density at radius 3 is 2.41 bits per heavy atom. The number of anilines is 3. The van der Waals surface area contributed by atoms with Crippen LogP contribution in [-0.2, 0) is 0 Å². The van der Waals surface area contributed by atoms with Crippen LogP contribution in [0.25, 0.3) is 0 Å². The molecule has 0 aliphatic carbocycles. The lowest BCUT2D eigenvalue weighted by Gasteiger charge is -2.08. The Hall–Kier alpha value is -2.17. The maximum absolute atomic E-state index is 13.3. The molecule has 2 aromatic rings. The number of rotatable bonds is 2. The zero-order chi connectivity index (χ0) is 12.4. The molecule has 0 fully saturated rings. The van der Waals surface area contributed by atoms with Crippen LogP contribution in [0.4, 0.5) is 30.2 Å². The van der Waals surface area contributed by atoms with E-state index in [4.69, 9.17) is 5.73 Å². The van der Waals surface area contributed by atoms with Crippen molar-refractivity contribution >= 4 is 17.1 Å². The highest BCUT2D eigenvalue weighted by molar-refractivity contribution is 5.63. The molecule has 0 aliphatic heterocycles. The van der Waals surface area contributed by atoms with E-state index in [1.54, 1.807) is 24.3 Å². The highest BCUT2D eigenvalue weighted by atomic mass is 19.2. The summed E-state index contributed by atoms with van der Waals surface area (Å²) in [6.07, 6.45) is 0. The number of nitrogens with one attached hydrogen (secondary N) is 1. The van der Waals surface area contributed by atoms with Gasteiger partial charge < -0.3 is 11.1 Å². The van der Waals surface area contributed by atoms with E-state index < -0.39 is 17.5 Å². The van der Waals surface area contributed by atoms with Crippen molar-refractivity contribution in [3.63, 3.8) is 0 Å². The van der Waals surface area contributed by atoms with Gasteiger partial charge in [-0.1, -0.05) is 6.07 Å². The highest BCUT2D eigenvalue weighted by Crippen LogP contribution is 2.24. The van der Waals surface area contributed by atoms with Gasteiger partial charge in [0.25, 0.3) is 0 Å². The largest absolute Gasteiger partial charge is 0.399 e. The van der Waals surface area contributed by atoms with Gasteiger partial charge in [0.2, 0.25) is 0 Å². The van der Waals surface area contributed by atoms with E-state index in [0.29, 0.717) is 11.4 Å². The van der Waals surface area contributed by atoms with Crippen molar-refractivity contribution in [1.82, 2.24) is 0 Å². The minimum Gasteiger partial charge on any atom is -0.399 e. The fourth-order valence-electron chi connectivity index (χ4n) is 1.39. The average Bonchev–Trinajstić information content (AvgIpc) is 2.30. The van der Waals surface area contributed by atoms with Crippen LogP contribution >= 0.6 is 0 Å². The Balaban J connectivity index is 2.34. The maximum atomic E-state index is 13.3. The van der Waals surface area contributed by atoms with Crippen molar-refractivity contribution in [2.75, 3.05) is 11.1 Å². The van der Waals surface area contributed by atoms with Gasteiger partial charge in [-0.2, -0.15) is 0 Å². The molecule has 0 radical (unpaired) electrons. The van der Waals surface area contributed by atoms with Crippen LogP contribution < -0.4 is 11.1 Å². The summed E-state index contributed by atoms with van der Waals surface area (Å²) < 4.78 is 39.0. The first-order chi connectivity index (χ1) is 8.08. The Morgan fingerprint density at radius 1 is 0.941 bits per heavy atom. The molecular formula is C12H9F3N2. The van der Waals surface area contributed by atoms with E-state index >= 15 is 0 Å². The molecule has 5 heteroatoms. The van der Waals surface area contributed by atoms with Gasteiger partial charge in [-0.3, -0.25) is 0 Å². The fraction of sp³-hybridized carbons (Fsp3) is 0. The Labute approximate surface area is 95.9 Å². The van der Waals surface area contributed by atoms with Gasteiger partial charge >= 0.3 is 0 Å². The predicted molar refractivity (Wildman–Crippen MR) is 60.5 cm³/mol. The molecule has 0 heterocycles. The van der Waals surface area contributed by atoms with Crippen LogP contribution in [0.5, 0.6) is 0 Å². The fourth-order valence-corrected chi connectivity index (χ4v) is 1.39. The van der Waals surface area contributed by atoms with Crippen LogP contribution in [0.2, 0.25) is 0 Å². The predicted octanol–water partition coefficient (Wildman–Crippen LogP) is 3.43. The van der Waals surface area contributed by atoms with Gasteiger partial charge in [0.05, 0.1) is 5.69 Å². The van der Waals surface area contributed by atoms with E-state index in [0.717, 1.165) is 12.1 Å².